The van der Waals surface area contributed by atoms with E-state index in [4.69, 9.17) is 0 Å². The van der Waals surface area contributed by atoms with Gasteiger partial charge < -0.3 is 0 Å². The molecule has 8 heteroatoms. The molecule has 1 heterocycles. The van der Waals surface area contributed by atoms with Gasteiger partial charge in [0.2, 0.25) is 5.91 Å². The lowest BCUT2D eigenvalue weighted by molar-refractivity contribution is -0.121. The smallest absolute Gasteiger partial charge is 0.266 e. The van der Waals surface area contributed by atoms with Gasteiger partial charge in [-0.25, -0.2) is 13.1 Å². The van der Waals surface area contributed by atoms with Crippen LogP contribution in [0.5, 0.6) is 0 Å². The Morgan fingerprint density at radius 1 is 1.18 bits per heavy atom. The first-order valence-corrected chi connectivity index (χ1v) is 9.57. The van der Waals surface area contributed by atoms with Crippen LogP contribution in [0, 0.1) is 17.8 Å². The van der Waals surface area contributed by atoms with E-state index >= 15 is 0 Å². The molecular formula is C14H15N3O3S2. The summed E-state index contributed by atoms with van der Waals surface area (Å²) in [6.45, 7) is 0. The Morgan fingerprint density at radius 3 is 2.64 bits per heavy atom. The molecule has 2 atom stereocenters. The van der Waals surface area contributed by atoms with Crippen molar-refractivity contribution in [1.82, 2.24) is 13.5 Å². The fraction of sp³-hybridized carbons (Fsp3) is 0.500. The molecule has 1 aromatic carbocycles. The van der Waals surface area contributed by atoms with Crippen LogP contribution in [0.15, 0.2) is 23.1 Å². The van der Waals surface area contributed by atoms with Crippen LogP contribution < -0.4 is 4.72 Å². The molecule has 0 aliphatic heterocycles. The van der Waals surface area contributed by atoms with Crippen LogP contribution in [0.1, 0.15) is 25.7 Å². The Kier molecular flexibility index (Phi) is 3.19. The van der Waals surface area contributed by atoms with Gasteiger partial charge in [0, 0.05) is 5.92 Å². The minimum atomic E-state index is -3.90. The monoisotopic (exact) mass is 337 g/mol. The van der Waals surface area contributed by atoms with Gasteiger partial charge in [0.05, 0.1) is 11.7 Å². The first-order chi connectivity index (χ1) is 10.6. The zero-order valence-electron chi connectivity index (χ0n) is 11.7. The molecule has 2 aliphatic rings. The predicted octanol–water partition coefficient (Wildman–Crippen LogP) is 1.93. The fourth-order valence-corrected chi connectivity index (χ4v) is 5.42. The topological polar surface area (TPSA) is 89.0 Å². The van der Waals surface area contributed by atoms with E-state index in [0.29, 0.717) is 22.9 Å². The van der Waals surface area contributed by atoms with Gasteiger partial charge in [-0.05, 0) is 36.8 Å². The molecule has 0 radical (unpaired) electrons. The van der Waals surface area contributed by atoms with Crippen LogP contribution in [0.4, 0.5) is 0 Å². The van der Waals surface area contributed by atoms with E-state index in [1.54, 1.807) is 12.1 Å². The molecule has 2 saturated carbocycles. The van der Waals surface area contributed by atoms with Crippen LogP contribution >= 0.6 is 11.7 Å². The number of amides is 1. The number of nitrogens with one attached hydrogen (secondary N) is 1. The first-order valence-electron chi connectivity index (χ1n) is 7.36. The van der Waals surface area contributed by atoms with Crippen molar-refractivity contribution in [1.29, 1.82) is 0 Å². The Hall–Kier alpha value is -1.54. The van der Waals surface area contributed by atoms with E-state index in [-0.39, 0.29) is 16.7 Å². The third kappa shape index (κ3) is 2.21. The quantitative estimate of drug-likeness (QED) is 0.924. The van der Waals surface area contributed by atoms with Crippen LogP contribution in [0.25, 0.3) is 11.0 Å². The van der Waals surface area contributed by atoms with Crippen molar-refractivity contribution in [2.45, 2.75) is 30.6 Å². The summed E-state index contributed by atoms with van der Waals surface area (Å²) in [6.07, 6.45) is 4.35. The molecule has 2 unspecified atom stereocenters. The second kappa shape index (κ2) is 4.99. The maximum Gasteiger partial charge on any atom is 0.266 e. The number of rotatable bonds is 3. The lowest BCUT2D eigenvalue weighted by Gasteiger charge is -2.07. The van der Waals surface area contributed by atoms with E-state index in [1.807, 2.05) is 0 Å². The highest BCUT2D eigenvalue weighted by Crippen LogP contribution is 2.55. The van der Waals surface area contributed by atoms with Crippen molar-refractivity contribution in [3.05, 3.63) is 18.2 Å². The van der Waals surface area contributed by atoms with Gasteiger partial charge in [-0.15, -0.1) is 0 Å². The Bertz CT molecular complexity index is 834. The second-order valence-corrected chi connectivity index (χ2v) is 8.18. The van der Waals surface area contributed by atoms with Gasteiger partial charge in [0.15, 0.2) is 0 Å². The summed E-state index contributed by atoms with van der Waals surface area (Å²) in [5, 5.41) is 0. The molecule has 2 aromatic rings. The number of aromatic nitrogens is 2. The summed E-state index contributed by atoms with van der Waals surface area (Å²) in [5.41, 5.74) is 0.849. The summed E-state index contributed by atoms with van der Waals surface area (Å²) in [4.78, 5) is 12.3. The Labute approximate surface area is 132 Å². The molecule has 22 heavy (non-hydrogen) atoms. The average molecular weight is 337 g/mol. The maximum atomic E-state index is 12.5. The third-order valence-corrected chi connectivity index (χ3v) is 6.65. The molecule has 116 valence electrons. The molecular weight excluding hydrogens is 322 g/mol. The number of hydrogen-bond donors (Lipinski definition) is 1. The molecule has 4 rings (SSSR count). The highest BCUT2D eigenvalue weighted by molar-refractivity contribution is 7.90. The Morgan fingerprint density at radius 2 is 1.91 bits per heavy atom. The number of benzene rings is 1. The summed E-state index contributed by atoms with van der Waals surface area (Å²) < 4.78 is 35.3. The van der Waals surface area contributed by atoms with E-state index in [1.165, 1.54) is 6.07 Å². The standard InChI is InChI=1S/C14H15N3O3S2/c18-14(12-8-4-1-2-5-9(8)12)17-22(19,20)11-7-3-6-10-13(11)16-21-15-10/h3,6-9,12H,1-2,4-5H2,(H,17,18). The zero-order valence-corrected chi connectivity index (χ0v) is 13.4. The van der Waals surface area contributed by atoms with Crippen LogP contribution in [0.3, 0.4) is 0 Å². The number of fused-ring (bicyclic) bond motifs is 2. The van der Waals surface area contributed by atoms with Crippen LogP contribution in [-0.4, -0.2) is 23.1 Å². The first kappa shape index (κ1) is 14.1. The minimum absolute atomic E-state index is 0.0238. The molecule has 0 saturated heterocycles. The lowest BCUT2D eigenvalue weighted by Crippen LogP contribution is -2.32. The molecule has 1 aromatic heterocycles. The van der Waals surface area contributed by atoms with Crippen molar-refractivity contribution in [2.75, 3.05) is 0 Å². The van der Waals surface area contributed by atoms with Gasteiger partial charge >= 0.3 is 0 Å². The van der Waals surface area contributed by atoms with Gasteiger partial charge in [0.1, 0.15) is 15.9 Å². The summed E-state index contributed by atoms with van der Waals surface area (Å²) in [5.74, 6) is 0.253. The highest BCUT2D eigenvalue weighted by Gasteiger charge is 2.55. The largest absolute Gasteiger partial charge is 0.274 e. The molecule has 0 bridgehead atoms. The number of carbonyl (C=O) groups excluding carboxylic acids is 1. The van der Waals surface area contributed by atoms with E-state index in [9.17, 15) is 13.2 Å². The van der Waals surface area contributed by atoms with Gasteiger partial charge in [-0.2, -0.15) is 8.75 Å². The number of sulfonamides is 1. The molecule has 2 aliphatic carbocycles. The zero-order chi connectivity index (χ0) is 15.3. The average Bonchev–Trinajstić information content (AvgIpc) is 3.03. The van der Waals surface area contributed by atoms with E-state index < -0.39 is 10.0 Å². The minimum Gasteiger partial charge on any atom is -0.274 e. The van der Waals surface area contributed by atoms with Crippen LogP contribution in [-0.2, 0) is 14.8 Å². The fourth-order valence-electron chi connectivity index (χ4n) is 3.63. The van der Waals surface area contributed by atoms with Gasteiger partial charge in [-0.1, -0.05) is 18.9 Å². The van der Waals surface area contributed by atoms with Crippen molar-refractivity contribution in [3.8, 4) is 0 Å². The van der Waals surface area contributed by atoms with Gasteiger partial charge in [0.25, 0.3) is 10.0 Å². The number of carbonyl (C=O) groups is 1. The predicted molar refractivity (Wildman–Crippen MR) is 81.7 cm³/mol. The number of hydrogen-bond acceptors (Lipinski definition) is 6. The molecule has 0 spiro atoms. The second-order valence-electron chi connectivity index (χ2n) is 6.00. The molecule has 1 amide bonds. The van der Waals surface area contributed by atoms with Crippen molar-refractivity contribution >= 4 is 38.7 Å². The normalized spacial score (nSPS) is 27.4. The van der Waals surface area contributed by atoms with Crippen molar-refractivity contribution in [3.63, 3.8) is 0 Å². The summed E-state index contributed by atoms with van der Waals surface area (Å²) in [6, 6.07) is 4.77. The van der Waals surface area contributed by atoms with E-state index in [2.05, 4.69) is 13.5 Å². The highest BCUT2D eigenvalue weighted by atomic mass is 32.2. The molecule has 2 fully saturated rings. The SMILES string of the molecule is O=C(NS(=O)(=O)c1cccc2nsnc12)C1C2CCCCC21. The summed E-state index contributed by atoms with van der Waals surface area (Å²) in [7, 11) is -3.90. The molecule has 6 nitrogen and oxygen atoms in total. The maximum absolute atomic E-state index is 12.5. The van der Waals surface area contributed by atoms with Gasteiger partial charge in [-0.3, -0.25) is 4.79 Å². The molecule has 1 N–H and O–H groups in total. The lowest BCUT2D eigenvalue weighted by atomic mass is 10.0. The summed E-state index contributed by atoms with van der Waals surface area (Å²) >= 11 is 0.960. The Balaban J connectivity index is 1.59. The number of nitrogens with zero attached hydrogens (tertiary/aromatic N) is 2. The van der Waals surface area contributed by atoms with Crippen LogP contribution in [0.2, 0.25) is 0 Å². The van der Waals surface area contributed by atoms with E-state index in [0.717, 1.165) is 37.4 Å². The van der Waals surface area contributed by atoms with Crippen molar-refractivity contribution in [2.24, 2.45) is 17.8 Å². The van der Waals surface area contributed by atoms with Crippen molar-refractivity contribution < 1.29 is 13.2 Å². The third-order valence-electron chi connectivity index (χ3n) is 4.73.